The molecule has 0 saturated carbocycles. The van der Waals surface area contributed by atoms with Gasteiger partial charge in [-0.3, -0.25) is 0 Å². The average molecular weight is 359 g/mol. The zero-order valence-electron chi connectivity index (χ0n) is 13.7. The van der Waals surface area contributed by atoms with E-state index in [0.717, 1.165) is 16.9 Å². The summed E-state index contributed by atoms with van der Waals surface area (Å²) in [5.74, 6) is 0.351. The van der Waals surface area contributed by atoms with Crippen LogP contribution in [-0.4, -0.2) is 18.5 Å². The second-order valence-electron chi connectivity index (χ2n) is 5.85. The van der Waals surface area contributed by atoms with Gasteiger partial charge >= 0.3 is 6.36 Å². The lowest BCUT2D eigenvalue weighted by Crippen LogP contribution is -2.17. The van der Waals surface area contributed by atoms with Crippen molar-refractivity contribution < 1.29 is 23.0 Å². The largest absolute Gasteiger partial charge is 0.573 e. The number of rotatable bonds is 6. The summed E-state index contributed by atoms with van der Waals surface area (Å²) in [7, 11) is 1.70. The minimum Gasteiger partial charge on any atom is -0.505 e. The van der Waals surface area contributed by atoms with Gasteiger partial charge in [-0.05, 0) is 36.5 Å². The SMILES string of the molecule is CNc1sc(-c2cccc(OC(F)(F)F)c2)c(CCC(C)C)c1O. The van der Waals surface area contributed by atoms with E-state index < -0.39 is 6.36 Å². The van der Waals surface area contributed by atoms with E-state index in [1.165, 1.54) is 29.5 Å². The van der Waals surface area contributed by atoms with E-state index in [4.69, 9.17) is 0 Å². The number of thiophene rings is 1. The number of ether oxygens (including phenoxy) is 1. The topological polar surface area (TPSA) is 41.5 Å². The summed E-state index contributed by atoms with van der Waals surface area (Å²) >= 11 is 1.32. The first-order valence-electron chi connectivity index (χ1n) is 7.59. The van der Waals surface area contributed by atoms with E-state index >= 15 is 0 Å². The van der Waals surface area contributed by atoms with E-state index in [1.54, 1.807) is 13.1 Å². The highest BCUT2D eigenvalue weighted by Crippen LogP contribution is 2.46. The zero-order valence-corrected chi connectivity index (χ0v) is 14.5. The van der Waals surface area contributed by atoms with Gasteiger partial charge in [0.05, 0.1) is 0 Å². The van der Waals surface area contributed by atoms with Crippen molar-refractivity contribution in [1.29, 1.82) is 0 Å². The normalized spacial score (nSPS) is 11.8. The minimum atomic E-state index is -4.73. The van der Waals surface area contributed by atoms with Crippen molar-refractivity contribution >= 4 is 16.3 Å². The molecule has 2 N–H and O–H groups in total. The third kappa shape index (κ3) is 4.56. The number of hydrogen-bond donors (Lipinski definition) is 2. The van der Waals surface area contributed by atoms with Crippen molar-refractivity contribution in [1.82, 2.24) is 0 Å². The summed E-state index contributed by atoms with van der Waals surface area (Å²) in [4.78, 5) is 0.755. The van der Waals surface area contributed by atoms with Crippen LogP contribution in [0.2, 0.25) is 0 Å². The third-order valence-electron chi connectivity index (χ3n) is 3.51. The van der Waals surface area contributed by atoms with Crippen LogP contribution in [0.1, 0.15) is 25.8 Å². The molecule has 0 aliphatic heterocycles. The molecule has 0 aliphatic carbocycles. The number of aromatic hydroxyl groups is 1. The molecule has 1 heterocycles. The monoisotopic (exact) mass is 359 g/mol. The maximum atomic E-state index is 12.4. The fourth-order valence-electron chi connectivity index (χ4n) is 2.36. The Labute approximate surface area is 143 Å². The Kier molecular flexibility index (Phi) is 5.64. The van der Waals surface area contributed by atoms with Crippen molar-refractivity contribution in [3.8, 4) is 21.9 Å². The molecule has 3 nitrogen and oxygen atoms in total. The maximum Gasteiger partial charge on any atom is 0.573 e. The molecule has 0 unspecified atom stereocenters. The van der Waals surface area contributed by atoms with Gasteiger partial charge in [0, 0.05) is 17.5 Å². The molecule has 7 heteroatoms. The highest BCUT2D eigenvalue weighted by atomic mass is 32.1. The minimum absolute atomic E-state index is 0.167. The molecule has 0 saturated heterocycles. The van der Waals surface area contributed by atoms with Gasteiger partial charge in [0.2, 0.25) is 0 Å². The molecule has 0 spiro atoms. The van der Waals surface area contributed by atoms with E-state index in [9.17, 15) is 18.3 Å². The summed E-state index contributed by atoms with van der Waals surface area (Å²) < 4.78 is 41.2. The van der Waals surface area contributed by atoms with Crippen LogP contribution in [0.4, 0.5) is 18.2 Å². The van der Waals surface area contributed by atoms with Crippen molar-refractivity contribution in [2.45, 2.75) is 33.1 Å². The zero-order chi connectivity index (χ0) is 17.9. The third-order valence-corrected chi connectivity index (χ3v) is 4.80. The second-order valence-corrected chi connectivity index (χ2v) is 6.87. The van der Waals surface area contributed by atoms with Gasteiger partial charge in [0.1, 0.15) is 10.8 Å². The van der Waals surface area contributed by atoms with E-state index in [1.807, 2.05) is 0 Å². The van der Waals surface area contributed by atoms with Crippen molar-refractivity contribution in [2.75, 3.05) is 12.4 Å². The van der Waals surface area contributed by atoms with Gasteiger partial charge in [-0.1, -0.05) is 26.0 Å². The lowest BCUT2D eigenvalue weighted by atomic mass is 10.00. The van der Waals surface area contributed by atoms with Gasteiger partial charge in [0.25, 0.3) is 0 Å². The standard InChI is InChI=1S/C17H20F3NO2S/c1-10(2)7-8-13-14(22)16(21-3)24-15(13)11-5-4-6-12(9-11)23-17(18,19)20/h4-6,9-10,21-22H,7-8H2,1-3H3. The summed E-state index contributed by atoms with van der Waals surface area (Å²) in [6.45, 7) is 4.17. The number of hydrogen-bond acceptors (Lipinski definition) is 4. The molecule has 0 amide bonds. The number of anilines is 1. The molecule has 0 radical (unpaired) electrons. The van der Waals surface area contributed by atoms with E-state index in [0.29, 0.717) is 22.9 Å². The number of alkyl halides is 3. The summed E-state index contributed by atoms with van der Waals surface area (Å²) in [5, 5.41) is 13.9. The van der Waals surface area contributed by atoms with Crippen LogP contribution in [0, 0.1) is 5.92 Å². The molecule has 2 aromatic rings. The highest BCUT2D eigenvalue weighted by molar-refractivity contribution is 7.20. The van der Waals surface area contributed by atoms with Crippen LogP contribution in [0.25, 0.3) is 10.4 Å². The predicted octanol–water partition coefficient (Wildman–Crippen LogP) is 5.65. The van der Waals surface area contributed by atoms with Crippen LogP contribution < -0.4 is 10.1 Å². The molecular formula is C17H20F3NO2S. The van der Waals surface area contributed by atoms with Gasteiger partial charge in [0.15, 0.2) is 5.75 Å². The smallest absolute Gasteiger partial charge is 0.505 e. The van der Waals surface area contributed by atoms with Crippen LogP contribution in [0.15, 0.2) is 24.3 Å². The van der Waals surface area contributed by atoms with Gasteiger partial charge in [-0.25, -0.2) is 0 Å². The molecule has 2 rings (SSSR count). The first-order valence-corrected chi connectivity index (χ1v) is 8.41. The van der Waals surface area contributed by atoms with Crippen molar-refractivity contribution in [3.05, 3.63) is 29.8 Å². The molecule has 0 aliphatic rings. The average Bonchev–Trinajstić information content (AvgIpc) is 2.80. The number of halogens is 3. The summed E-state index contributed by atoms with van der Waals surface area (Å²) in [6, 6.07) is 5.83. The molecule has 0 bridgehead atoms. The Morgan fingerprint density at radius 1 is 1.29 bits per heavy atom. The molecule has 1 aromatic heterocycles. The molecule has 0 atom stereocenters. The quantitative estimate of drug-likeness (QED) is 0.700. The molecule has 1 aromatic carbocycles. The van der Waals surface area contributed by atoms with Crippen LogP contribution in [-0.2, 0) is 6.42 Å². The first-order chi connectivity index (χ1) is 11.2. The molecule has 0 fully saturated rings. The Hall–Kier alpha value is -1.89. The lowest BCUT2D eigenvalue weighted by Gasteiger charge is -2.11. The highest BCUT2D eigenvalue weighted by Gasteiger charge is 2.31. The number of nitrogens with one attached hydrogen (secondary N) is 1. The molecular weight excluding hydrogens is 339 g/mol. The molecule has 24 heavy (non-hydrogen) atoms. The first kappa shape index (κ1) is 18.4. The number of benzene rings is 1. The van der Waals surface area contributed by atoms with Gasteiger partial charge in [-0.15, -0.1) is 24.5 Å². The van der Waals surface area contributed by atoms with E-state index in [2.05, 4.69) is 23.9 Å². The Morgan fingerprint density at radius 2 is 2.00 bits per heavy atom. The van der Waals surface area contributed by atoms with Crippen molar-refractivity contribution in [3.63, 3.8) is 0 Å². The maximum absolute atomic E-state index is 12.4. The Balaban J connectivity index is 2.42. The Bertz CT molecular complexity index is 696. The van der Waals surface area contributed by atoms with Gasteiger partial charge in [-0.2, -0.15) is 0 Å². The summed E-state index contributed by atoms with van der Waals surface area (Å²) in [5.41, 5.74) is 1.35. The fraction of sp³-hybridized carbons (Fsp3) is 0.412. The van der Waals surface area contributed by atoms with Crippen molar-refractivity contribution in [2.24, 2.45) is 5.92 Å². The van der Waals surface area contributed by atoms with Crippen LogP contribution in [0.5, 0.6) is 11.5 Å². The fourth-order valence-corrected chi connectivity index (χ4v) is 3.45. The second kappa shape index (κ2) is 7.34. The predicted molar refractivity (Wildman–Crippen MR) is 90.8 cm³/mol. The van der Waals surface area contributed by atoms with Crippen LogP contribution >= 0.6 is 11.3 Å². The van der Waals surface area contributed by atoms with E-state index in [-0.39, 0.29) is 11.5 Å². The lowest BCUT2D eigenvalue weighted by molar-refractivity contribution is -0.274. The Morgan fingerprint density at radius 3 is 2.58 bits per heavy atom. The van der Waals surface area contributed by atoms with Crippen LogP contribution in [0.3, 0.4) is 0 Å². The summed E-state index contributed by atoms with van der Waals surface area (Å²) in [6.07, 6.45) is -3.20. The van der Waals surface area contributed by atoms with Gasteiger partial charge < -0.3 is 15.2 Å². The molecule has 132 valence electrons.